The van der Waals surface area contributed by atoms with E-state index in [0.717, 1.165) is 6.92 Å². The van der Waals surface area contributed by atoms with Crippen molar-refractivity contribution in [2.75, 3.05) is 14.2 Å². The molecule has 0 N–H and O–H groups in total. The van der Waals surface area contributed by atoms with Crippen molar-refractivity contribution < 1.29 is 22.6 Å². The first-order valence-corrected chi connectivity index (χ1v) is 4.23. The molecule has 0 heterocycles. The SMILES string of the molecule is COCc1c(F)c(F)c(C)c(F)c1OC. The minimum Gasteiger partial charge on any atom is -0.493 e. The highest BCUT2D eigenvalue weighted by Crippen LogP contribution is 2.31. The fourth-order valence-electron chi connectivity index (χ4n) is 1.28. The van der Waals surface area contributed by atoms with Crippen molar-refractivity contribution in [3.63, 3.8) is 0 Å². The van der Waals surface area contributed by atoms with Gasteiger partial charge >= 0.3 is 0 Å². The van der Waals surface area contributed by atoms with Crippen LogP contribution in [0.5, 0.6) is 5.75 Å². The van der Waals surface area contributed by atoms with Gasteiger partial charge in [0.05, 0.1) is 19.3 Å². The highest BCUT2D eigenvalue weighted by atomic mass is 19.2. The van der Waals surface area contributed by atoms with Gasteiger partial charge in [-0.1, -0.05) is 0 Å². The Bertz CT molecular complexity index is 378. The molecule has 0 saturated carbocycles. The van der Waals surface area contributed by atoms with Gasteiger partial charge in [0.25, 0.3) is 0 Å². The number of rotatable bonds is 3. The van der Waals surface area contributed by atoms with Gasteiger partial charge in [-0.05, 0) is 6.92 Å². The lowest BCUT2D eigenvalue weighted by Gasteiger charge is -2.12. The van der Waals surface area contributed by atoms with Gasteiger partial charge in [0.2, 0.25) is 0 Å². The Hall–Kier alpha value is -1.23. The van der Waals surface area contributed by atoms with E-state index in [0.29, 0.717) is 0 Å². The summed E-state index contributed by atoms with van der Waals surface area (Å²) in [7, 11) is 2.49. The summed E-state index contributed by atoms with van der Waals surface area (Å²) in [4.78, 5) is 0. The fourth-order valence-corrected chi connectivity index (χ4v) is 1.28. The third-order valence-corrected chi connectivity index (χ3v) is 2.08. The van der Waals surface area contributed by atoms with Crippen LogP contribution in [0.1, 0.15) is 11.1 Å². The molecule has 0 aliphatic heterocycles. The third-order valence-electron chi connectivity index (χ3n) is 2.08. The maximum Gasteiger partial charge on any atom is 0.171 e. The Morgan fingerprint density at radius 3 is 2.07 bits per heavy atom. The normalized spacial score (nSPS) is 10.5. The predicted octanol–water partition coefficient (Wildman–Crippen LogP) is 2.57. The Balaban J connectivity index is 3.47. The monoisotopic (exact) mass is 220 g/mol. The van der Waals surface area contributed by atoms with Crippen LogP contribution in [0.3, 0.4) is 0 Å². The Kier molecular flexibility index (Phi) is 3.57. The van der Waals surface area contributed by atoms with Crippen molar-refractivity contribution in [2.24, 2.45) is 0 Å². The first-order valence-electron chi connectivity index (χ1n) is 4.23. The molecule has 0 aliphatic carbocycles. The van der Waals surface area contributed by atoms with E-state index in [9.17, 15) is 13.2 Å². The number of halogens is 3. The van der Waals surface area contributed by atoms with Crippen LogP contribution in [0, 0.1) is 24.4 Å². The summed E-state index contributed by atoms with van der Waals surface area (Å²) >= 11 is 0. The van der Waals surface area contributed by atoms with Crippen LogP contribution in [-0.4, -0.2) is 14.2 Å². The number of methoxy groups -OCH3 is 2. The molecule has 84 valence electrons. The summed E-state index contributed by atoms with van der Waals surface area (Å²) in [5.74, 6) is -3.55. The molecule has 0 spiro atoms. The van der Waals surface area contributed by atoms with E-state index in [1.807, 2.05) is 0 Å². The third kappa shape index (κ3) is 1.92. The molecule has 0 fully saturated rings. The number of hydrogen-bond acceptors (Lipinski definition) is 2. The van der Waals surface area contributed by atoms with Gasteiger partial charge in [-0.3, -0.25) is 0 Å². The molecule has 1 aromatic rings. The maximum absolute atomic E-state index is 13.4. The van der Waals surface area contributed by atoms with Gasteiger partial charge in [0.15, 0.2) is 23.2 Å². The lowest BCUT2D eigenvalue weighted by molar-refractivity contribution is 0.175. The zero-order valence-corrected chi connectivity index (χ0v) is 8.66. The molecule has 0 saturated heterocycles. The molecule has 1 rings (SSSR count). The number of hydrogen-bond donors (Lipinski definition) is 0. The van der Waals surface area contributed by atoms with E-state index < -0.39 is 23.0 Å². The van der Waals surface area contributed by atoms with Crippen molar-refractivity contribution in [1.29, 1.82) is 0 Å². The van der Waals surface area contributed by atoms with Gasteiger partial charge in [-0.25, -0.2) is 13.2 Å². The predicted molar refractivity (Wildman–Crippen MR) is 48.3 cm³/mol. The van der Waals surface area contributed by atoms with E-state index in [2.05, 4.69) is 9.47 Å². The zero-order valence-electron chi connectivity index (χ0n) is 8.66. The Morgan fingerprint density at radius 1 is 1.00 bits per heavy atom. The smallest absolute Gasteiger partial charge is 0.171 e. The molecule has 0 radical (unpaired) electrons. The minimum absolute atomic E-state index is 0.247. The molecule has 0 bridgehead atoms. The van der Waals surface area contributed by atoms with Crippen LogP contribution in [0.2, 0.25) is 0 Å². The molecule has 0 aromatic heterocycles. The van der Waals surface area contributed by atoms with Gasteiger partial charge in [0, 0.05) is 12.7 Å². The van der Waals surface area contributed by atoms with Crippen molar-refractivity contribution >= 4 is 0 Å². The molecule has 15 heavy (non-hydrogen) atoms. The molecule has 0 aliphatic rings. The fraction of sp³-hybridized carbons (Fsp3) is 0.400. The molecule has 2 nitrogen and oxygen atoms in total. The topological polar surface area (TPSA) is 18.5 Å². The van der Waals surface area contributed by atoms with E-state index in [-0.39, 0.29) is 17.9 Å². The van der Waals surface area contributed by atoms with Gasteiger partial charge in [-0.2, -0.15) is 0 Å². The molecule has 1 aromatic carbocycles. The number of benzene rings is 1. The first-order chi connectivity index (χ1) is 7.04. The van der Waals surface area contributed by atoms with Crippen LogP contribution in [-0.2, 0) is 11.3 Å². The van der Waals surface area contributed by atoms with Crippen molar-refractivity contribution in [3.8, 4) is 5.75 Å². The Morgan fingerprint density at radius 2 is 1.60 bits per heavy atom. The Labute approximate surface area is 85.6 Å². The van der Waals surface area contributed by atoms with Gasteiger partial charge in [-0.15, -0.1) is 0 Å². The summed E-state index contributed by atoms with van der Waals surface area (Å²) in [6.07, 6.45) is 0. The highest BCUT2D eigenvalue weighted by Gasteiger charge is 2.23. The summed E-state index contributed by atoms with van der Waals surface area (Å²) < 4.78 is 49.3. The summed E-state index contributed by atoms with van der Waals surface area (Å²) in [6, 6.07) is 0. The standard InChI is InChI=1S/C10H11F3O2/c1-5-7(11)9(13)6(4-14-2)10(15-3)8(5)12/h4H2,1-3H3. The van der Waals surface area contributed by atoms with Crippen LogP contribution in [0.15, 0.2) is 0 Å². The minimum atomic E-state index is -1.21. The summed E-state index contributed by atoms with van der Waals surface area (Å²) in [5, 5.41) is 0. The van der Waals surface area contributed by atoms with Crippen LogP contribution >= 0.6 is 0 Å². The highest BCUT2D eigenvalue weighted by molar-refractivity contribution is 5.40. The molecule has 0 atom stereocenters. The molecular formula is C10H11F3O2. The summed E-state index contributed by atoms with van der Waals surface area (Å²) in [5.41, 5.74) is -0.648. The van der Waals surface area contributed by atoms with E-state index >= 15 is 0 Å². The second-order valence-corrected chi connectivity index (χ2v) is 3.01. The lowest BCUT2D eigenvalue weighted by Crippen LogP contribution is -2.06. The lowest BCUT2D eigenvalue weighted by atomic mass is 10.1. The van der Waals surface area contributed by atoms with Crippen LogP contribution in [0.4, 0.5) is 13.2 Å². The average Bonchev–Trinajstić information content (AvgIpc) is 2.24. The zero-order chi connectivity index (χ0) is 11.6. The van der Waals surface area contributed by atoms with Crippen LogP contribution < -0.4 is 4.74 Å². The van der Waals surface area contributed by atoms with Crippen LogP contribution in [0.25, 0.3) is 0 Å². The van der Waals surface area contributed by atoms with Crippen molar-refractivity contribution in [3.05, 3.63) is 28.6 Å². The average molecular weight is 220 g/mol. The van der Waals surface area contributed by atoms with E-state index in [1.165, 1.54) is 14.2 Å². The van der Waals surface area contributed by atoms with Gasteiger partial charge in [0.1, 0.15) is 0 Å². The first kappa shape index (κ1) is 11.8. The molecule has 0 unspecified atom stereocenters. The van der Waals surface area contributed by atoms with E-state index in [1.54, 1.807) is 0 Å². The second-order valence-electron chi connectivity index (χ2n) is 3.01. The second kappa shape index (κ2) is 4.53. The maximum atomic E-state index is 13.4. The quantitative estimate of drug-likeness (QED) is 0.729. The number of ether oxygens (including phenoxy) is 2. The van der Waals surface area contributed by atoms with Gasteiger partial charge < -0.3 is 9.47 Å². The molecule has 5 heteroatoms. The largest absolute Gasteiger partial charge is 0.493 e. The van der Waals surface area contributed by atoms with Crippen molar-refractivity contribution in [2.45, 2.75) is 13.5 Å². The molecule has 0 amide bonds. The molecular weight excluding hydrogens is 209 g/mol. The van der Waals surface area contributed by atoms with E-state index in [4.69, 9.17) is 0 Å². The summed E-state index contributed by atoms with van der Waals surface area (Å²) in [6.45, 7) is 0.899. The van der Waals surface area contributed by atoms with Crippen molar-refractivity contribution in [1.82, 2.24) is 0 Å².